The second-order valence-electron chi connectivity index (χ2n) is 14.6. The molecule has 0 bridgehead atoms. The minimum absolute atomic E-state index is 0.515. The van der Waals surface area contributed by atoms with Crippen molar-refractivity contribution in [2.24, 2.45) is 0 Å². The van der Waals surface area contributed by atoms with E-state index < -0.39 is 0 Å². The van der Waals surface area contributed by atoms with Crippen molar-refractivity contribution in [2.75, 3.05) is 0 Å². The zero-order valence-corrected chi connectivity index (χ0v) is 31.5. The van der Waals surface area contributed by atoms with E-state index in [1.54, 1.807) is 0 Å². The van der Waals surface area contributed by atoms with Gasteiger partial charge in [0.25, 0.3) is 0 Å². The first-order chi connectivity index (χ1) is 29.2. The Kier molecular flexibility index (Phi) is 7.40. The monoisotopic (exact) mass is 757 g/mol. The first kappa shape index (κ1) is 33.0. The largest absolute Gasteiger partial charge is 0.456 e. The number of hydrogen-bond donors (Lipinski definition) is 0. The van der Waals surface area contributed by atoms with Crippen molar-refractivity contribution >= 4 is 54.8 Å². The Morgan fingerprint density at radius 1 is 0.373 bits per heavy atom. The van der Waals surface area contributed by atoms with Crippen molar-refractivity contribution in [1.82, 2.24) is 24.5 Å². The molecule has 0 unspecified atom stereocenters. The maximum Gasteiger partial charge on any atom is 0.238 e. The van der Waals surface area contributed by atoms with Crippen molar-refractivity contribution in [3.8, 4) is 62.4 Å². The molecule has 12 aromatic rings. The van der Waals surface area contributed by atoms with Crippen LogP contribution in [0.15, 0.2) is 197 Å². The SMILES string of the molecule is c1ccc(-c2nc3cccc(-c4cccc(-c5nc(-c6ccc7c(c6)oc6ccccc67)nc(-n6c7ccccc7c7c(-c8ccccc8)cccc76)n5)c4)c3o2)cc1. The Bertz CT molecular complexity index is 3570. The Morgan fingerprint density at radius 3 is 1.85 bits per heavy atom. The summed E-state index contributed by atoms with van der Waals surface area (Å²) in [6.07, 6.45) is 0. The second-order valence-corrected chi connectivity index (χ2v) is 14.6. The van der Waals surface area contributed by atoms with Crippen LogP contribution in [0.25, 0.3) is 117 Å². The normalized spacial score (nSPS) is 11.7. The fraction of sp³-hybridized carbons (Fsp3) is 0. The number of oxazole rings is 1. The van der Waals surface area contributed by atoms with Crippen molar-refractivity contribution in [3.05, 3.63) is 188 Å². The van der Waals surface area contributed by atoms with Gasteiger partial charge in [-0.25, -0.2) is 9.97 Å². The molecule has 0 radical (unpaired) electrons. The first-order valence-electron chi connectivity index (χ1n) is 19.5. The summed E-state index contributed by atoms with van der Waals surface area (Å²) in [4.78, 5) is 20.6. The van der Waals surface area contributed by atoms with Gasteiger partial charge in [0.05, 0.1) is 11.0 Å². The van der Waals surface area contributed by atoms with Gasteiger partial charge in [-0.3, -0.25) is 4.57 Å². The Hall–Kier alpha value is -8.16. The number of aromatic nitrogens is 5. The summed E-state index contributed by atoms with van der Waals surface area (Å²) in [5, 5.41) is 4.36. The minimum Gasteiger partial charge on any atom is -0.456 e. The summed E-state index contributed by atoms with van der Waals surface area (Å²) < 4.78 is 15.0. The molecule has 0 atom stereocenters. The van der Waals surface area contributed by atoms with Crippen LogP contribution in [0.1, 0.15) is 0 Å². The molecule has 4 heterocycles. The van der Waals surface area contributed by atoms with Crippen LogP contribution in [0, 0.1) is 0 Å². The number of para-hydroxylation sites is 3. The number of hydrogen-bond acceptors (Lipinski definition) is 6. The Labute approximate surface area is 337 Å². The van der Waals surface area contributed by atoms with Crippen LogP contribution in [0.4, 0.5) is 0 Å². The average Bonchev–Trinajstić information content (AvgIpc) is 4.01. The lowest BCUT2D eigenvalue weighted by Gasteiger charge is -2.12. The molecule has 0 spiro atoms. The number of benzene rings is 8. The maximum absolute atomic E-state index is 6.45. The third kappa shape index (κ3) is 5.44. The van der Waals surface area contributed by atoms with Gasteiger partial charge in [0.1, 0.15) is 16.7 Å². The molecule has 7 heteroatoms. The van der Waals surface area contributed by atoms with Crippen LogP contribution in [0.5, 0.6) is 0 Å². The molecule has 0 N–H and O–H groups in total. The molecule has 0 saturated heterocycles. The predicted molar refractivity (Wildman–Crippen MR) is 236 cm³/mol. The summed E-state index contributed by atoms with van der Waals surface area (Å²) in [7, 11) is 0. The molecular formula is C52H31N5O2. The lowest BCUT2D eigenvalue weighted by molar-refractivity contribution is 0.621. The quantitative estimate of drug-likeness (QED) is 0.168. The molecule has 8 aromatic carbocycles. The van der Waals surface area contributed by atoms with E-state index in [4.69, 9.17) is 28.8 Å². The van der Waals surface area contributed by atoms with Crippen LogP contribution in [0.2, 0.25) is 0 Å². The van der Waals surface area contributed by atoms with E-state index in [0.717, 1.165) is 93.8 Å². The topological polar surface area (TPSA) is 82.8 Å². The zero-order chi connectivity index (χ0) is 38.9. The van der Waals surface area contributed by atoms with Gasteiger partial charge >= 0.3 is 0 Å². The molecule has 0 aliphatic rings. The molecule has 4 aromatic heterocycles. The average molecular weight is 758 g/mol. The van der Waals surface area contributed by atoms with Crippen molar-refractivity contribution < 1.29 is 8.83 Å². The highest BCUT2D eigenvalue weighted by atomic mass is 16.3. The third-order valence-electron chi connectivity index (χ3n) is 11.1. The van der Waals surface area contributed by atoms with Crippen molar-refractivity contribution in [1.29, 1.82) is 0 Å². The van der Waals surface area contributed by atoms with Crippen LogP contribution in [0.3, 0.4) is 0 Å². The standard InChI is InChI=1S/C52H31N5O2/c1-3-14-32(15-4-1)37-22-13-26-44-47(37)41-21-7-9-25-43(41)57(44)52-55-49(54-50(56-52)36-28-29-40-39-20-8-10-27-45(39)58-46(40)31-36)35-19-11-18-34(30-35)38-23-12-24-42-48(38)59-51(53-42)33-16-5-2-6-17-33/h1-31H. The highest BCUT2D eigenvalue weighted by molar-refractivity contribution is 6.15. The molecule has 0 aliphatic carbocycles. The van der Waals surface area contributed by atoms with E-state index in [-0.39, 0.29) is 0 Å². The summed E-state index contributed by atoms with van der Waals surface area (Å²) in [6.45, 7) is 0. The van der Waals surface area contributed by atoms with Crippen LogP contribution >= 0.6 is 0 Å². The van der Waals surface area contributed by atoms with Crippen LogP contribution < -0.4 is 0 Å². The van der Waals surface area contributed by atoms with Crippen molar-refractivity contribution in [3.63, 3.8) is 0 Å². The molecule has 59 heavy (non-hydrogen) atoms. The maximum atomic E-state index is 6.45. The number of nitrogens with zero attached hydrogens (tertiary/aromatic N) is 5. The lowest BCUT2D eigenvalue weighted by atomic mass is 9.99. The summed E-state index contributed by atoms with van der Waals surface area (Å²) in [6, 6.07) is 64.0. The number of furan rings is 1. The van der Waals surface area contributed by atoms with Crippen LogP contribution in [-0.2, 0) is 0 Å². The Morgan fingerprint density at radius 2 is 1.00 bits per heavy atom. The molecule has 0 saturated carbocycles. The number of rotatable bonds is 6. The van der Waals surface area contributed by atoms with Gasteiger partial charge in [0.15, 0.2) is 17.2 Å². The van der Waals surface area contributed by atoms with E-state index in [1.165, 1.54) is 0 Å². The first-order valence-corrected chi connectivity index (χ1v) is 19.5. The molecule has 276 valence electrons. The zero-order valence-electron chi connectivity index (χ0n) is 31.5. The molecule has 12 rings (SSSR count). The molecular weight excluding hydrogens is 727 g/mol. The van der Waals surface area contributed by atoms with E-state index in [9.17, 15) is 0 Å². The second kappa shape index (κ2) is 13.2. The number of fused-ring (bicyclic) bond motifs is 7. The predicted octanol–water partition coefficient (Wildman–Crippen LogP) is 13.3. The fourth-order valence-electron chi connectivity index (χ4n) is 8.39. The molecule has 0 aliphatic heterocycles. The van der Waals surface area contributed by atoms with Crippen LogP contribution in [-0.4, -0.2) is 24.5 Å². The lowest BCUT2D eigenvalue weighted by Crippen LogP contribution is -2.06. The van der Waals surface area contributed by atoms with Crippen molar-refractivity contribution in [2.45, 2.75) is 0 Å². The highest BCUT2D eigenvalue weighted by Crippen LogP contribution is 2.40. The highest BCUT2D eigenvalue weighted by Gasteiger charge is 2.21. The van der Waals surface area contributed by atoms with Gasteiger partial charge < -0.3 is 8.83 Å². The molecule has 0 fully saturated rings. The third-order valence-corrected chi connectivity index (χ3v) is 11.1. The van der Waals surface area contributed by atoms with Gasteiger partial charge in [-0.2, -0.15) is 9.97 Å². The van der Waals surface area contributed by atoms with Gasteiger partial charge in [-0.05, 0) is 71.3 Å². The molecule has 7 nitrogen and oxygen atoms in total. The smallest absolute Gasteiger partial charge is 0.238 e. The molecule has 0 amide bonds. The summed E-state index contributed by atoms with van der Waals surface area (Å²) >= 11 is 0. The van der Waals surface area contributed by atoms with Gasteiger partial charge in [0.2, 0.25) is 11.8 Å². The minimum atomic E-state index is 0.515. The fourth-order valence-corrected chi connectivity index (χ4v) is 8.39. The van der Waals surface area contributed by atoms with E-state index in [2.05, 4.69) is 108 Å². The summed E-state index contributed by atoms with van der Waals surface area (Å²) in [5.74, 6) is 2.17. The van der Waals surface area contributed by atoms with Gasteiger partial charge in [-0.15, -0.1) is 0 Å². The van der Waals surface area contributed by atoms with E-state index in [1.807, 2.05) is 84.9 Å². The summed E-state index contributed by atoms with van der Waals surface area (Å²) in [5.41, 5.74) is 11.9. The van der Waals surface area contributed by atoms with Gasteiger partial charge in [0, 0.05) is 43.8 Å². The van der Waals surface area contributed by atoms with Gasteiger partial charge in [-0.1, -0.05) is 133 Å². The van der Waals surface area contributed by atoms with E-state index in [0.29, 0.717) is 23.5 Å². The van der Waals surface area contributed by atoms with E-state index >= 15 is 0 Å². The Balaban J connectivity index is 1.08.